The van der Waals surface area contributed by atoms with Crippen LogP contribution in [-0.4, -0.2) is 49.9 Å². The molecule has 2 aliphatic carbocycles. The van der Waals surface area contributed by atoms with Gasteiger partial charge in [0.2, 0.25) is 0 Å². The molecule has 5 rings (SSSR count). The molecule has 0 spiro atoms. The van der Waals surface area contributed by atoms with E-state index in [1.807, 2.05) is 42.5 Å². The largest absolute Gasteiger partial charge is 0.489 e. The molecule has 1 aliphatic heterocycles. The monoisotopic (exact) mass is 706 g/mol. The van der Waals surface area contributed by atoms with Crippen LogP contribution < -0.4 is 9.47 Å². The highest BCUT2D eigenvalue weighted by molar-refractivity contribution is 9.10. The molecule has 0 N–H and O–H groups in total. The number of ketones is 2. The van der Waals surface area contributed by atoms with Crippen LogP contribution in [0.1, 0.15) is 74.0 Å². The van der Waals surface area contributed by atoms with Gasteiger partial charge in [0, 0.05) is 36.7 Å². The molecule has 9 heteroatoms. The third-order valence-electron chi connectivity index (χ3n) is 8.75. The fourth-order valence-electron chi connectivity index (χ4n) is 6.47. The van der Waals surface area contributed by atoms with E-state index in [9.17, 15) is 19.2 Å². The van der Waals surface area contributed by atoms with Gasteiger partial charge in [0.25, 0.3) is 0 Å². The summed E-state index contributed by atoms with van der Waals surface area (Å²) in [5, 5.41) is 0. The van der Waals surface area contributed by atoms with E-state index in [1.54, 1.807) is 6.08 Å². The van der Waals surface area contributed by atoms with Gasteiger partial charge < -0.3 is 18.9 Å². The first-order valence-corrected chi connectivity index (χ1v) is 16.8. The molecule has 250 valence electrons. The quantitative estimate of drug-likeness (QED) is 0.148. The zero-order valence-electron chi connectivity index (χ0n) is 27.1. The normalized spacial score (nSPS) is 20.6. The second-order valence-electron chi connectivity index (χ2n) is 11.9. The van der Waals surface area contributed by atoms with Crippen LogP contribution in [0.25, 0.3) is 0 Å². The molecule has 8 nitrogen and oxygen atoms in total. The van der Waals surface area contributed by atoms with Gasteiger partial charge in [-0.1, -0.05) is 42.5 Å². The summed E-state index contributed by atoms with van der Waals surface area (Å²) < 4.78 is 22.4. The summed E-state index contributed by atoms with van der Waals surface area (Å²) in [6, 6.07) is 11.9. The van der Waals surface area contributed by atoms with E-state index in [1.165, 1.54) is 14.2 Å². The molecule has 1 heterocycles. The standard InChI is InChI=1S/C19H21BrO4.C19H22O4/c1-3-6-14-11-15(12-17(14)21)24-19-13(7-4-9-16(19)20)8-5-10-18(22)23-2;1-3-6-13-15(20)11-16-18(13)14-9-4-7-12(19(14)23-16)8-5-10-17(21)22-2/h3-4,7,9,11,15H,1,5-6,8,10,12H2,2H3;3-4,7,9,13,16,18H,1,5-6,8,10-11H2,2H3/t15-;13-,16-,18-/m10/s1. The Morgan fingerprint density at radius 3 is 2.26 bits per heavy atom. The fourth-order valence-corrected chi connectivity index (χ4v) is 6.97. The Balaban J connectivity index is 0.000000213. The molecule has 0 radical (unpaired) electrons. The number of carbonyl (C=O) groups is 4. The minimum absolute atomic E-state index is 0.0101. The van der Waals surface area contributed by atoms with Gasteiger partial charge in [0.15, 0.2) is 5.78 Å². The van der Waals surface area contributed by atoms with Gasteiger partial charge in [-0.25, -0.2) is 0 Å². The van der Waals surface area contributed by atoms with Crippen LogP contribution in [0.3, 0.4) is 0 Å². The average molecular weight is 708 g/mol. The number of benzene rings is 2. The number of rotatable bonds is 14. The summed E-state index contributed by atoms with van der Waals surface area (Å²) in [6.45, 7) is 7.45. The van der Waals surface area contributed by atoms with Crippen molar-refractivity contribution in [2.24, 2.45) is 5.92 Å². The Morgan fingerprint density at radius 2 is 1.60 bits per heavy atom. The van der Waals surface area contributed by atoms with Crippen LogP contribution in [0, 0.1) is 5.92 Å². The number of methoxy groups -OCH3 is 2. The van der Waals surface area contributed by atoms with Crippen LogP contribution in [0.4, 0.5) is 0 Å². The van der Waals surface area contributed by atoms with Gasteiger partial charge in [-0.2, -0.15) is 0 Å². The van der Waals surface area contributed by atoms with Crippen molar-refractivity contribution in [3.8, 4) is 11.5 Å². The summed E-state index contributed by atoms with van der Waals surface area (Å²) in [5.74, 6) is 1.78. The number of allylic oxidation sites excluding steroid dienone is 3. The lowest BCUT2D eigenvalue weighted by Gasteiger charge is -2.16. The molecule has 2 aromatic rings. The van der Waals surface area contributed by atoms with Crippen LogP contribution in [0.15, 0.2) is 77.8 Å². The van der Waals surface area contributed by atoms with E-state index in [0.717, 1.165) is 51.1 Å². The van der Waals surface area contributed by atoms with Crippen LogP contribution >= 0.6 is 15.9 Å². The van der Waals surface area contributed by atoms with Crippen LogP contribution in [0.2, 0.25) is 0 Å². The first-order chi connectivity index (χ1) is 22.7. The maximum atomic E-state index is 12.2. The molecule has 2 aromatic carbocycles. The topological polar surface area (TPSA) is 105 Å². The SMILES string of the molecule is C=CCC1=C[C@@H](Oc2c(Br)cccc2CCCC(=O)OC)CC1=O.C=CC[C@H]1C(=O)C[C@@H]2Oc3c(CCCC(=O)OC)cccc3[C@@H]21. The van der Waals surface area contributed by atoms with Crippen molar-refractivity contribution in [3.05, 3.63) is 94.5 Å². The number of para-hydroxylation sites is 2. The third-order valence-corrected chi connectivity index (χ3v) is 9.37. The van der Waals surface area contributed by atoms with Gasteiger partial charge in [-0.3, -0.25) is 19.2 Å². The Labute approximate surface area is 285 Å². The van der Waals surface area contributed by atoms with Crippen molar-refractivity contribution in [1.82, 2.24) is 0 Å². The number of ether oxygens (including phenoxy) is 4. The molecular formula is C38H43BrO8. The molecule has 0 bridgehead atoms. The highest BCUT2D eigenvalue weighted by Gasteiger charge is 2.49. The minimum atomic E-state index is -0.259. The highest BCUT2D eigenvalue weighted by Crippen LogP contribution is 2.51. The first kappa shape index (κ1) is 35.9. The van der Waals surface area contributed by atoms with Crippen molar-refractivity contribution < 1.29 is 38.1 Å². The van der Waals surface area contributed by atoms with Crippen molar-refractivity contribution in [2.75, 3.05) is 14.2 Å². The van der Waals surface area contributed by atoms with E-state index in [0.29, 0.717) is 51.4 Å². The molecule has 0 aromatic heterocycles. The van der Waals surface area contributed by atoms with Gasteiger partial charge in [-0.05, 0) is 83.3 Å². The van der Waals surface area contributed by atoms with Crippen molar-refractivity contribution in [2.45, 2.75) is 82.3 Å². The number of fused-ring (bicyclic) bond motifs is 3. The molecule has 1 fully saturated rings. The minimum Gasteiger partial charge on any atom is -0.489 e. The van der Waals surface area contributed by atoms with E-state index in [4.69, 9.17) is 9.47 Å². The fraction of sp³-hybridized carbons (Fsp3) is 0.421. The molecule has 4 atom stereocenters. The molecule has 1 saturated carbocycles. The van der Waals surface area contributed by atoms with Gasteiger partial charge >= 0.3 is 11.9 Å². The zero-order valence-corrected chi connectivity index (χ0v) is 28.7. The number of aryl methyl sites for hydroxylation is 2. The Hall–Kier alpha value is -3.98. The van der Waals surface area contributed by atoms with Crippen molar-refractivity contribution >= 4 is 39.4 Å². The summed E-state index contributed by atoms with van der Waals surface area (Å²) >= 11 is 3.51. The van der Waals surface area contributed by atoms with E-state index < -0.39 is 0 Å². The third kappa shape index (κ3) is 9.10. The zero-order chi connectivity index (χ0) is 33.9. The van der Waals surface area contributed by atoms with Gasteiger partial charge in [0.1, 0.15) is 29.5 Å². The molecule has 0 saturated heterocycles. The van der Waals surface area contributed by atoms with E-state index in [2.05, 4.69) is 44.6 Å². The molecule has 0 unspecified atom stereocenters. The smallest absolute Gasteiger partial charge is 0.305 e. The Morgan fingerprint density at radius 1 is 0.936 bits per heavy atom. The number of Topliss-reactive ketones (excluding diaryl/α,β-unsaturated/α-hetero) is 2. The second kappa shape index (κ2) is 17.3. The predicted molar refractivity (Wildman–Crippen MR) is 183 cm³/mol. The van der Waals surface area contributed by atoms with Crippen LogP contribution in [-0.2, 0) is 41.5 Å². The summed E-state index contributed by atoms with van der Waals surface area (Å²) in [4.78, 5) is 46.6. The van der Waals surface area contributed by atoms with E-state index >= 15 is 0 Å². The van der Waals surface area contributed by atoms with Crippen molar-refractivity contribution in [1.29, 1.82) is 0 Å². The average Bonchev–Trinajstić information content (AvgIpc) is 3.70. The lowest BCUT2D eigenvalue weighted by Crippen LogP contribution is -2.15. The number of esters is 2. The molecule has 47 heavy (non-hydrogen) atoms. The second-order valence-corrected chi connectivity index (χ2v) is 12.7. The lowest BCUT2D eigenvalue weighted by molar-refractivity contribution is -0.141. The predicted octanol–water partition coefficient (Wildman–Crippen LogP) is 7.36. The van der Waals surface area contributed by atoms with Crippen molar-refractivity contribution in [3.63, 3.8) is 0 Å². The van der Waals surface area contributed by atoms with E-state index in [-0.39, 0.29) is 47.5 Å². The highest BCUT2D eigenvalue weighted by atomic mass is 79.9. The molecular weight excluding hydrogens is 664 g/mol. The maximum absolute atomic E-state index is 12.2. The summed E-state index contributed by atoms with van der Waals surface area (Å²) in [7, 11) is 2.80. The number of halogens is 1. The van der Waals surface area contributed by atoms with Crippen LogP contribution in [0.5, 0.6) is 11.5 Å². The number of hydrogen-bond donors (Lipinski definition) is 0. The number of carbonyl (C=O) groups excluding carboxylic acids is 4. The molecule has 3 aliphatic rings. The van der Waals surface area contributed by atoms with Gasteiger partial charge in [-0.15, -0.1) is 13.2 Å². The summed E-state index contributed by atoms with van der Waals surface area (Å²) in [5.41, 5.74) is 4.02. The Bertz CT molecular complexity index is 1530. The maximum Gasteiger partial charge on any atom is 0.305 e. The lowest BCUT2D eigenvalue weighted by atomic mass is 9.85. The Kier molecular flexibility index (Phi) is 13.2. The molecule has 0 amide bonds. The number of hydrogen-bond acceptors (Lipinski definition) is 8. The van der Waals surface area contributed by atoms with Gasteiger partial charge in [0.05, 0.1) is 25.1 Å². The first-order valence-electron chi connectivity index (χ1n) is 16.0. The summed E-state index contributed by atoms with van der Waals surface area (Å²) in [6.07, 6.45) is 10.9.